The number of hydrogen-bond donors (Lipinski definition) is 0. The Morgan fingerprint density at radius 1 is 0.862 bits per heavy atom. The third-order valence-electron chi connectivity index (χ3n) is 5.82. The smallest absolute Gasteiger partial charge is 0.252 e. The molecule has 1 atom stereocenters. The van der Waals surface area contributed by atoms with E-state index in [1.165, 1.54) is 0 Å². The lowest BCUT2D eigenvalue weighted by Gasteiger charge is -2.41. The zero-order valence-electron chi connectivity index (χ0n) is 16.0. The molecule has 29 heavy (non-hydrogen) atoms. The van der Waals surface area contributed by atoms with Gasteiger partial charge in [0.05, 0.1) is 12.8 Å². The van der Waals surface area contributed by atoms with Crippen molar-refractivity contribution in [1.82, 2.24) is 0 Å². The molecule has 0 bridgehead atoms. The number of amides is 1. The highest BCUT2D eigenvalue weighted by Crippen LogP contribution is 2.52. The zero-order chi connectivity index (χ0) is 20.0. The number of ether oxygens (including phenoxy) is 1. The van der Waals surface area contributed by atoms with Crippen LogP contribution in [0, 0.1) is 0 Å². The molecular weight excluding hydrogens is 362 g/mol. The van der Waals surface area contributed by atoms with Gasteiger partial charge in [-0.05, 0) is 41.0 Å². The summed E-state index contributed by atoms with van der Waals surface area (Å²) < 4.78 is 5.29. The number of rotatable bonds is 3. The highest BCUT2D eigenvalue weighted by atomic mass is 16.5. The first-order valence-corrected chi connectivity index (χ1v) is 9.54. The molecule has 142 valence electrons. The number of nitrogens with zero attached hydrogens (tertiary/aromatic N) is 1. The third-order valence-corrected chi connectivity index (χ3v) is 5.82. The van der Waals surface area contributed by atoms with Gasteiger partial charge in [-0.2, -0.15) is 0 Å². The average Bonchev–Trinajstić information content (AvgIpc) is 3.04. The van der Waals surface area contributed by atoms with E-state index in [9.17, 15) is 9.59 Å². The summed E-state index contributed by atoms with van der Waals surface area (Å²) in [6, 6.07) is 24.6. The van der Waals surface area contributed by atoms with Crippen LogP contribution in [-0.2, 0) is 10.3 Å². The predicted octanol–water partition coefficient (Wildman–Crippen LogP) is 4.61. The second kappa shape index (κ2) is 6.45. The summed E-state index contributed by atoms with van der Waals surface area (Å²) in [5.41, 5.74) is 2.77. The van der Waals surface area contributed by atoms with Gasteiger partial charge in [-0.15, -0.1) is 0 Å². The molecular formula is C25H19NO3. The van der Waals surface area contributed by atoms with Crippen LogP contribution in [0.2, 0.25) is 0 Å². The molecule has 2 heterocycles. The molecule has 4 heteroatoms. The first-order chi connectivity index (χ1) is 14.1. The Bertz CT molecular complexity index is 1150. The van der Waals surface area contributed by atoms with Crippen molar-refractivity contribution >= 4 is 23.0 Å². The van der Waals surface area contributed by atoms with Crippen LogP contribution in [0.4, 0.5) is 5.69 Å². The van der Waals surface area contributed by atoms with E-state index in [1.807, 2.05) is 72.8 Å². The summed E-state index contributed by atoms with van der Waals surface area (Å²) in [6.07, 6.45) is 2.08. The van der Waals surface area contributed by atoms with Crippen LogP contribution in [0.25, 0.3) is 5.57 Å². The van der Waals surface area contributed by atoms with Gasteiger partial charge < -0.3 is 4.74 Å². The van der Waals surface area contributed by atoms with Crippen LogP contribution in [0.3, 0.4) is 0 Å². The maximum Gasteiger partial charge on any atom is 0.252 e. The number of carbonyl (C=O) groups excluding carboxylic acids is 2. The van der Waals surface area contributed by atoms with Gasteiger partial charge in [0.1, 0.15) is 11.3 Å². The van der Waals surface area contributed by atoms with Crippen LogP contribution in [0.5, 0.6) is 5.75 Å². The molecule has 0 saturated heterocycles. The lowest BCUT2D eigenvalue weighted by Crippen LogP contribution is -2.52. The van der Waals surface area contributed by atoms with E-state index in [0.29, 0.717) is 23.4 Å². The van der Waals surface area contributed by atoms with Crippen molar-refractivity contribution in [2.75, 3.05) is 12.0 Å². The lowest BCUT2D eigenvalue weighted by atomic mass is 9.76. The first kappa shape index (κ1) is 17.4. The van der Waals surface area contributed by atoms with Gasteiger partial charge in [-0.25, -0.2) is 0 Å². The molecule has 0 aromatic heterocycles. The van der Waals surface area contributed by atoms with Crippen molar-refractivity contribution in [2.45, 2.75) is 12.0 Å². The summed E-state index contributed by atoms with van der Waals surface area (Å²) in [4.78, 5) is 28.8. The van der Waals surface area contributed by atoms with Gasteiger partial charge in [0.15, 0.2) is 5.78 Å². The minimum atomic E-state index is -1.09. The Kier molecular flexibility index (Phi) is 3.88. The van der Waals surface area contributed by atoms with Crippen molar-refractivity contribution in [3.63, 3.8) is 0 Å². The normalized spacial score (nSPS) is 20.2. The van der Waals surface area contributed by atoms with Crippen LogP contribution >= 0.6 is 0 Å². The highest BCUT2D eigenvalue weighted by Gasteiger charge is 2.56. The van der Waals surface area contributed by atoms with E-state index >= 15 is 0 Å². The molecule has 3 aromatic rings. The number of para-hydroxylation sites is 1. The van der Waals surface area contributed by atoms with E-state index in [0.717, 1.165) is 16.7 Å². The Morgan fingerprint density at radius 2 is 1.55 bits per heavy atom. The van der Waals surface area contributed by atoms with Crippen molar-refractivity contribution in [3.05, 3.63) is 102 Å². The summed E-state index contributed by atoms with van der Waals surface area (Å²) in [5, 5.41) is 0. The first-order valence-electron chi connectivity index (χ1n) is 9.54. The average molecular weight is 381 g/mol. The fraction of sp³-hybridized carbons (Fsp3) is 0.120. The molecule has 0 spiro atoms. The second-order valence-corrected chi connectivity index (χ2v) is 7.32. The van der Waals surface area contributed by atoms with E-state index < -0.39 is 5.54 Å². The molecule has 0 unspecified atom stereocenters. The van der Waals surface area contributed by atoms with Gasteiger partial charge >= 0.3 is 0 Å². The Balaban J connectivity index is 1.74. The lowest BCUT2D eigenvalue weighted by molar-refractivity contribution is -0.115. The minimum absolute atomic E-state index is 0.0480. The third kappa shape index (κ3) is 2.46. The second-order valence-electron chi connectivity index (χ2n) is 7.32. The number of methoxy groups -OCH3 is 1. The molecule has 0 aliphatic carbocycles. The number of fused-ring (bicyclic) bond motifs is 3. The molecule has 0 fully saturated rings. The number of hydrogen-bond acceptors (Lipinski definition) is 3. The molecule has 3 aromatic carbocycles. The van der Waals surface area contributed by atoms with E-state index in [1.54, 1.807) is 24.2 Å². The fourth-order valence-electron chi connectivity index (χ4n) is 4.46. The SMILES string of the molecule is COc1ccc([C@]23CC(c4ccccc4)=CC(=O)N2c2ccccc2C3=O)cc1. The van der Waals surface area contributed by atoms with Crippen molar-refractivity contribution < 1.29 is 14.3 Å². The van der Waals surface area contributed by atoms with Gasteiger partial charge in [0.25, 0.3) is 5.91 Å². The highest BCUT2D eigenvalue weighted by molar-refractivity contribution is 6.25. The van der Waals surface area contributed by atoms with E-state index in [4.69, 9.17) is 4.74 Å². The van der Waals surface area contributed by atoms with Crippen LogP contribution in [-0.4, -0.2) is 18.8 Å². The summed E-state index contributed by atoms with van der Waals surface area (Å²) in [5.74, 6) is 0.484. The summed E-state index contributed by atoms with van der Waals surface area (Å²) in [6.45, 7) is 0. The quantitative estimate of drug-likeness (QED) is 0.666. The largest absolute Gasteiger partial charge is 0.497 e. The fourth-order valence-corrected chi connectivity index (χ4v) is 4.46. The van der Waals surface area contributed by atoms with Gasteiger partial charge in [-0.1, -0.05) is 54.6 Å². The Morgan fingerprint density at radius 3 is 2.28 bits per heavy atom. The van der Waals surface area contributed by atoms with Crippen LogP contribution in [0.15, 0.2) is 84.9 Å². The molecule has 0 saturated carbocycles. The Labute approximate surface area is 169 Å². The number of ketones is 1. The zero-order valence-corrected chi connectivity index (χ0v) is 16.0. The van der Waals surface area contributed by atoms with Gasteiger partial charge in [-0.3, -0.25) is 14.5 Å². The molecule has 1 amide bonds. The van der Waals surface area contributed by atoms with Crippen LogP contribution in [0.1, 0.15) is 27.9 Å². The van der Waals surface area contributed by atoms with Crippen molar-refractivity contribution in [3.8, 4) is 5.75 Å². The predicted molar refractivity (Wildman–Crippen MR) is 112 cm³/mol. The molecule has 4 nitrogen and oxygen atoms in total. The Hall–Kier alpha value is -3.66. The van der Waals surface area contributed by atoms with Crippen molar-refractivity contribution in [2.24, 2.45) is 0 Å². The van der Waals surface area contributed by atoms with Crippen molar-refractivity contribution in [1.29, 1.82) is 0 Å². The molecule has 0 radical (unpaired) electrons. The molecule has 5 rings (SSSR count). The number of benzene rings is 3. The number of Topliss-reactive ketones (excluding diaryl/α,β-unsaturated/α-hetero) is 1. The van der Waals surface area contributed by atoms with E-state index in [2.05, 4.69) is 0 Å². The monoisotopic (exact) mass is 381 g/mol. The molecule has 2 aliphatic heterocycles. The van der Waals surface area contributed by atoms with E-state index in [-0.39, 0.29) is 11.7 Å². The summed E-state index contributed by atoms with van der Waals surface area (Å²) >= 11 is 0. The molecule has 0 N–H and O–H groups in total. The molecule has 2 aliphatic rings. The van der Waals surface area contributed by atoms with Crippen LogP contribution < -0.4 is 9.64 Å². The number of anilines is 1. The number of carbonyl (C=O) groups is 2. The van der Waals surface area contributed by atoms with Gasteiger partial charge in [0.2, 0.25) is 0 Å². The maximum absolute atomic E-state index is 13.8. The summed E-state index contributed by atoms with van der Waals surface area (Å²) in [7, 11) is 1.61. The standard InChI is InChI=1S/C25H19NO3/c1-29-20-13-11-19(12-14-20)25-16-18(17-7-3-2-4-8-17)15-23(27)26(25)22-10-6-5-9-21(22)24(25)28/h2-15H,16H2,1H3/t25-/m0/s1. The topological polar surface area (TPSA) is 46.6 Å². The maximum atomic E-state index is 13.8. The minimum Gasteiger partial charge on any atom is -0.497 e. The van der Waals surface area contributed by atoms with Gasteiger partial charge in [0, 0.05) is 18.1 Å².